The maximum absolute atomic E-state index is 12.8. The van der Waals surface area contributed by atoms with E-state index in [0.29, 0.717) is 40.7 Å². The predicted octanol–water partition coefficient (Wildman–Crippen LogP) is -1.73. The van der Waals surface area contributed by atoms with Crippen molar-refractivity contribution >= 4 is 16.9 Å². The van der Waals surface area contributed by atoms with E-state index in [2.05, 4.69) is 6.07 Å². The van der Waals surface area contributed by atoms with Crippen LogP contribution in [0.1, 0.15) is 18.4 Å². The van der Waals surface area contributed by atoms with Crippen LogP contribution in [0.4, 0.5) is 0 Å². The molecule has 0 saturated carbocycles. The molecule has 0 amide bonds. The molecule has 0 spiro atoms. The van der Waals surface area contributed by atoms with Crippen molar-refractivity contribution in [2.75, 3.05) is 0 Å². The molecule has 0 radical (unpaired) electrons. The normalized spacial score (nSPS) is 10.1. The molecule has 0 aliphatic rings. The molecule has 10 heteroatoms. The van der Waals surface area contributed by atoms with Crippen LogP contribution in [-0.2, 0) is 25.4 Å². The van der Waals surface area contributed by atoms with Gasteiger partial charge in [0.05, 0.1) is 28.2 Å². The summed E-state index contributed by atoms with van der Waals surface area (Å²) < 4.78 is 4.22. The summed E-state index contributed by atoms with van der Waals surface area (Å²) in [4.78, 5) is 35.9. The van der Waals surface area contributed by atoms with Crippen LogP contribution in [0.5, 0.6) is 0 Å². The van der Waals surface area contributed by atoms with Gasteiger partial charge in [-0.1, -0.05) is 12.1 Å². The summed E-state index contributed by atoms with van der Waals surface area (Å²) >= 11 is 0. The minimum absolute atomic E-state index is 0. The second kappa shape index (κ2) is 9.44. The van der Waals surface area contributed by atoms with Crippen LogP contribution in [0.3, 0.4) is 0 Å². The third kappa shape index (κ3) is 4.36. The third-order valence-electron chi connectivity index (χ3n) is 4.57. The van der Waals surface area contributed by atoms with Gasteiger partial charge in [-0.25, -0.2) is 4.79 Å². The summed E-state index contributed by atoms with van der Waals surface area (Å²) in [6, 6.07) is 8.92. The minimum atomic E-state index is -0.900. The van der Waals surface area contributed by atoms with Gasteiger partial charge >= 0.3 is 30.5 Å². The van der Waals surface area contributed by atoms with E-state index in [1.807, 2.05) is 0 Å². The quantitative estimate of drug-likeness (QED) is 0.514. The summed E-state index contributed by atoms with van der Waals surface area (Å²) in [5.74, 6) is -0.900. The molecule has 146 valence electrons. The van der Waals surface area contributed by atoms with Crippen molar-refractivity contribution in [3.05, 3.63) is 56.9 Å². The molecule has 0 unspecified atom stereocenters. The van der Waals surface area contributed by atoms with Gasteiger partial charge < -0.3 is 15.1 Å². The molecule has 3 rings (SSSR count). The number of hydrogen-bond donors (Lipinski definition) is 1. The number of hydrogen-bond acceptors (Lipinski definition) is 5. The number of aryl methyl sites for hydroxylation is 2. The van der Waals surface area contributed by atoms with Crippen molar-refractivity contribution in [1.82, 2.24) is 13.7 Å². The number of fused-ring (bicyclic) bond motifs is 1. The Morgan fingerprint density at radius 1 is 1.21 bits per heavy atom. The second-order valence-corrected chi connectivity index (χ2v) is 6.33. The summed E-state index contributed by atoms with van der Waals surface area (Å²) in [5.41, 5.74) is 1.28. The van der Waals surface area contributed by atoms with Gasteiger partial charge in [0.2, 0.25) is 0 Å². The van der Waals surface area contributed by atoms with Crippen LogP contribution in [0.15, 0.2) is 40.1 Å². The molecule has 9 nitrogen and oxygen atoms in total. The van der Waals surface area contributed by atoms with Gasteiger partial charge in [0.25, 0.3) is 5.56 Å². The van der Waals surface area contributed by atoms with Crippen LogP contribution in [0.2, 0.25) is 0 Å². The molecular formula is C19H19LiN4O5. The molecule has 0 bridgehead atoms. The third-order valence-corrected chi connectivity index (χ3v) is 4.57. The predicted molar refractivity (Wildman–Crippen MR) is 101 cm³/mol. The number of aliphatic carboxylic acids is 1. The van der Waals surface area contributed by atoms with E-state index in [9.17, 15) is 19.6 Å². The van der Waals surface area contributed by atoms with Gasteiger partial charge in [0.1, 0.15) is 0 Å². The van der Waals surface area contributed by atoms with E-state index in [1.54, 1.807) is 42.1 Å². The molecule has 1 aromatic carbocycles. The Bertz CT molecular complexity index is 1220. The number of rotatable bonds is 5. The summed E-state index contributed by atoms with van der Waals surface area (Å²) in [6.07, 6.45) is 2.05. The number of nitriles is 1. The van der Waals surface area contributed by atoms with E-state index >= 15 is 0 Å². The fourth-order valence-corrected chi connectivity index (χ4v) is 3.21. The zero-order valence-corrected chi connectivity index (χ0v) is 16.4. The fraction of sp³-hybridized carbons (Fsp3) is 0.263. The van der Waals surface area contributed by atoms with Crippen molar-refractivity contribution in [3.8, 4) is 17.3 Å². The topological polar surface area (TPSA) is 140 Å². The Labute approximate surface area is 177 Å². The number of carboxylic acids is 1. The van der Waals surface area contributed by atoms with E-state index in [-0.39, 0.29) is 30.8 Å². The van der Waals surface area contributed by atoms with Crippen molar-refractivity contribution in [2.24, 2.45) is 14.1 Å². The molecular weight excluding hydrogens is 371 g/mol. The fourth-order valence-electron chi connectivity index (χ4n) is 3.21. The Kier molecular flexibility index (Phi) is 7.81. The standard InChI is InChI=1S/C19H18N4O4.Li.H2O/c1-21-14-11-23(8-4-7-15(24)25)17(13-6-3-5-12(9-13)10-20)16(14)18(26)22(2)19(21)27;;/h3,5-6,9,11H,4,7-8H2,1-2H3,(H,24,25);;1H2/q;+1;/p-1. The molecule has 0 fully saturated rings. The molecule has 3 aromatic rings. The Morgan fingerprint density at radius 3 is 2.52 bits per heavy atom. The monoisotopic (exact) mass is 390 g/mol. The number of benzene rings is 1. The first-order chi connectivity index (χ1) is 12.8. The van der Waals surface area contributed by atoms with Gasteiger partial charge in [-0.15, -0.1) is 0 Å². The molecule has 0 aliphatic heterocycles. The minimum Gasteiger partial charge on any atom is -0.870 e. The van der Waals surface area contributed by atoms with Crippen LogP contribution in [0.25, 0.3) is 22.2 Å². The number of carboxylic acid groups (broad SMARTS) is 1. The Morgan fingerprint density at radius 2 is 1.90 bits per heavy atom. The SMILES string of the molecule is Cn1c(=O)c2c(-c3cccc(C#N)c3)n(CCCC(=O)O)cc2n(C)c1=O.[Li+].[OH-]. The van der Waals surface area contributed by atoms with Gasteiger partial charge in [-0.2, -0.15) is 5.26 Å². The largest absolute Gasteiger partial charge is 1.00 e. The van der Waals surface area contributed by atoms with Crippen molar-refractivity contribution < 1.29 is 34.2 Å². The molecule has 0 atom stereocenters. The maximum Gasteiger partial charge on any atom is 1.00 e. The van der Waals surface area contributed by atoms with Crippen LogP contribution < -0.4 is 30.1 Å². The van der Waals surface area contributed by atoms with Gasteiger partial charge in [0.15, 0.2) is 0 Å². The van der Waals surface area contributed by atoms with Crippen LogP contribution >= 0.6 is 0 Å². The Balaban J connectivity index is 0.00000210. The first-order valence-electron chi connectivity index (χ1n) is 8.36. The van der Waals surface area contributed by atoms with E-state index in [1.165, 1.54) is 11.6 Å². The Hall–Kier alpha value is -3.04. The average Bonchev–Trinajstić information content (AvgIpc) is 3.04. The van der Waals surface area contributed by atoms with Gasteiger partial charge in [-0.3, -0.25) is 18.7 Å². The van der Waals surface area contributed by atoms with Crippen molar-refractivity contribution in [2.45, 2.75) is 19.4 Å². The van der Waals surface area contributed by atoms with E-state index in [4.69, 9.17) is 5.11 Å². The number of nitrogens with zero attached hydrogens (tertiary/aromatic N) is 4. The van der Waals surface area contributed by atoms with Crippen LogP contribution in [0, 0.1) is 11.3 Å². The molecule has 2 aromatic heterocycles. The van der Waals surface area contributed by atoms with Crippen molar-refractivity contribution in [3.63, 3.8) is 0 Å². The molecule has 0 saturated heterocycles. The van der Waals surface area contributed by atoms with E-state index < -0.39 is 17.2 Å². The van der Waals surface area contributed by atoms with Crippen molar-refractivity contribution in [1.29, 1.82) is 5.26 Å². The summed E-state index contributed by atoms with van der Waals surface area (Å²) in [6.45, 7) is 0.366. The first-order valence-corrected chi connectivity index (χ1v) is 8.36. The zero-order chi connectivity index (χ0) is 19.7. The van der Waals surface area contributed by atoms with E-state index in [0.717, 1.165) is 4.57 Å². The smallest absolute Gasteiger partial charge is 0.870 e. The first kappa shape index (κ1) is 24.0. The molecule has 29 heavy (non-hydrogen) atoms. The van der Waals surface area contributed by atoms with Gasteiger partial charge in [-0.05, 0) is 18.6 Å². The molecule has 2 heterocycles. The molecule has 0 aliphatic carbocycles. The summed E-state index contributed by atoms with van der Waals surface area (Å²) in [7, 11) is 3.00. The zero-order valence-electron chi connectivity index (χ0n) is 16.4. The number of aromatic nitrogens is 3. The van der Waals surface area contributed by atoms with Crippen LogP contribution in [-0.4, -0.2) is 30.3 Å². The van der Waals surface area contributed by atoms with Gasteiger partial charge in [0, 0.05) is 38.8 Å². The second-order valence-electron chi connectivity index (χ2n) is 6.33. The molecule has 2 N–H and O–H groups in total. The maximum atomic E-state index is 12.8. The average molecular weight is 390 g/mol. The summed E-state index contributed by atoms with van der Waals surface area (Å²) in [5, 5.41) is 18.5. The number of carbonyl (C=O) groups is 1.